The van der Waals surface area contributed by atoms with E-state index in [4.69, 9.17) is 10.9 Å². The minimum atomic E-state index is -0.263. The first-order valence-corrected chi connectivity index (χ1v) is 5.23. The number of aromatic nitrogens is 1. The minimum absolute atomic E-state index is 0.0862. The van der Waals surface area contributed by atoms with E-state index in [-0.39, 0.29) is 17.7 Å². The molecular weight excluding hydrogens is 220 g/mol. The van der Waals surface area contributed by atoms with Crippen LogP contribution in [-0.2, 0) is 0 Å². The summed E-state index contributed by atoms with van der Waals surface area (Å²) in [6.07, 6.45) is 1.56. The van der Waals surface area contributed by atoms with E-state index in [1.54, 1.807) is 19.2 Å². The van der Waals surface area contributed by atoms with Crippen molar-refractivity contribution in [2.45, 2.75) is 13.8 Å². The van der Waals surface area contributed by atoms with Crippen molar-refractivity contribution in [2.75, 3.05) is 6.54 Å². The van der Waals surface area contributed by atoms with Gasteiger partial charge in [-0.15, -0.1) is 0 Å². The van der Waals surface area contributed by atoms with E-state index in [0.29, 0.717) is 12.2 Å². The first-order valence-electron chi connectivity index (χ1n) is 5.23. The van der Waals surface area contributed by atoms with Crippen LogP contribution in [0.5, 0.6) is 0 Å². The number of nitrogens with zero attached hydrogens (tertiary/aromatic N) is 2. The average molecular weight is 236 g/mol. The van der Waals surface area contributed by atoms with Crippen molar-refractivity contribution in [1.29, 1.82) is 0 Å². The number of amidine groups is 1. The maximum Gasteiger partial charge on any atom is 0.270 e. The molecule has 0 spiro atoms. The fourth-order valence-electron chi connectivity index (χ4n) is 1.26. The van der Waals surface area contributed by atoms with Crippen LogP contribution in [0.3, 0.4) is 0 Å². The number of oxime groups is 1. The summed E-state index contributed by atoms with van der Waals surface area (Å²) >= 11 is 0. The molecule has 0 bridgehead atoms. The van der Waals surface area contributed by atoms with Gasteiger partial charge in [-0.05, 0) is 18.6 Å². The molecule has 0 aliphatic rings. The molecule has 0 radical (unpaired) electrons. The van der Waals surface area contributed by atoms with Crippen molar-refractivity contribution < 1.29 is 10.0 Å². The standard InChI is InChI=1S/C11H16N4O2/c1-7-4-3-5-13-9(7)11(16)14-6-8(2)10(12)15-17/h3-5,8,17H,6H2,1-2H3,(H2,12,15)(H,14,16). The first-order chi connectivity index (χ1) is 8.06. The fraction of sp³-hybridized carbons (Fsp3) is 0.364. The molecule has 4 N–H and O–H groups in total. The monoisotopic (exact) mass is 236 g/mol. The summed E-state index contributed by atoms with van der Waals surface area (Å²) < 4.78 is 0. The Morgan fingerprint density at radius 1 is 1.71 bits per heavy atom. The van der Waals surface area contributed by atoms with Crippen LogP contribution in [0.15, 0.2) is 23.5 Å². The van der Waals surface area contributed by atoms with Gasteiger partial charge in [-0.1, -0.05) is 18.1 Å². The quantitative estimate of drug-likeness (QED) is 0.307. The maximum atomic E-state index is 11.8. The summed E-state index contributed by atoms with van der Waals surface area (Å²) in [7, 11) is 0. The number of carbonyl (C=O) groups excluding carboxylic acids is 1. The van der Waals surface area contributed by atoms with Gasteiger partial charge in [0, 0.05) is 18.7 Å². The van der Waals surface area contributed by atoms with Gasteiger partial charge in [0.15, 0.2) is 0 Å². The van der Waals surface area contributed by atoms with Crippen molar-refractivity contribution in [3.8, 4) is 0 Å². The minimum Gasteiger partial charge on any atom is -0.409 e. The van der Waals surface area contributed by atoms with E-state index >= 15 is 0 Å². The molecule has 0 saturated heterocycles. The molecule has 1 atom stereocenters. The zero-order chi connectivity index (χ0) is 12.8. The largest absolute Gasteiger partial charge is 0.409 e. The molecule has 17 heavy (non-hydrogen) atoms. The summed E-state index contributed by atoms with van der Waals surface area (Å²) in [6.45, 7) is 3.86. The Kier molecular flexibility index (Phi) is 4.45. The van der Waals surface area contributed by atoms with Crippen LogP contribution < -0.4 is 11.1 Å². The summed E-state index contributed by atoms with van der Waals surface area (Å²) in [5, 5.41) is 14.0. The lowest BCUT2D eigenvalue weighted by Gasteiger charge is -2.11. The SMILES string of the molecule is Cc1cccnc1C(=O)NCC(C)C(N)=NO. The highest BCUT2D eigenvalue weighted by Gasteiger charge is 2.13. The highest BCUT2D eigenvalue weighted by Crippen LogP contribution is 2.03. The molecule has 1 rings (SSSR count). The van der Waals surface area contributed by atoms with Gasteiger partial charge in [-0.3, -0.25) is 9.78 Å². The molecule has 92 valence electrons. The normalized spacial score (nSPS) is 13.2. The number of carbonyl (C=O) groups is 1. The van der Waals surface area contributed by atoms with E-state index in [2.05, 4.69) is 15.5 Å². The van der Waals surface area contributed by atoms with Gasteiger partial charge < -0.3 is 16.3 Å². The van der Waals surface area contributed by atoms with Crippen LogP contribution in [0.2, 0.25) is 0 Å². The van der Waals surface area contributed by atoms with Gasteiger partial charge in [0.2, 0.25) is 0 Å². The van der Waals surface area contributed by atoms with Crippen molar-refractivity contribution in [3.05, 3.63) is 29.6 Å². The lowest BCUT2D eigenvalue weighted by Crippen LogP contribution is -2.35. The number of hydrogen-bond donors (Lipinski definition) is 3. The Morgan fingerprint density at radius 2 is 2.41 bits per heavy atom. The van der Waals surface area contributed by atoms with Crippen LogP contribution in [0.4, 0.5) is 0 Å². The van der Waals surface area contributed by atoms with Gasteiger partial charge in [0.05, 0.1) is 0 Å². The summed E-state index contributed by atoms with van der Waals surface area (Å²) in [4.78, 5) is 15.8. The lowest BCUT2D eigenvalue weighted by molar-refractivity contribution is 0.0945. The summed E-state index contributed by atoms with van der Waals surface area (Å²) in [6, 6.07) is 3.58. The van der Waals surface area contributed by atoms with Gasteiger partial charge in [-0.25, -0.2) is 0 Å². The molecule has 0 aliphatic carbocycles. The van der Waals surface area contributed by atoms with Crippen LogP contribution >= 0.6 is 0 Å². The molecule has 0 saturated carbocycles. The molecule has 1 heterocycles. The highest BCUT2D eigenvalue weighted by molar-refractivity contribution is 5.94. The Balaban J connectivity index is 2.60. The topological polar surface area (TPSA) is 101 Å². The summed E-state index contributed by atoms with van der Waals surface area (Å²) in [5.74, 6) is -0.406. The van der Waals surface area contributed by atoms with Gasteiger partial charge in [0.25, 0.3) is 5.91 Å². The molecule has 6 nitrogen and oxygen atoms in total. The second-order valence-corrected chi connectivity index (χ2v) is 3.80. The second-order valence-electron chi connectivity index (χ2n) is 3.80. The first kappa shape index (κ1) is 13.0. The molecule has 0 fully saturated rings. The molecule has 1 amide bonds. The molecule has 0 aromatic carbocycles. The molecule has 6 heteroatoms. The number of pyridine rings is 1. The molecular formula is C11H16N4O2. The Hall–Kier alpha value is -2.11. The van der Waals surface area contributed by atoms with Crippen LogP contribution in [0.1, 0.15) is 23.0 Å². The third-order valence-corrected chi connectivity index (χ3v) is 2.41. The highest BCUT2D eigenvalue weighted by atomic mass is 16.4. The Labute approximate surface area is 99.5 Å². The second kappa shape index (κ2) is 5.83. The number of nitrogens with two attached hydrogens (primary N) is 1. The number of hydrogen-bond acceptors (Lipinski definition) is 4. The molecule has 1 aromatic heterocycles. The maximum absolute atomic E-state index is 11.8. The van der Waals surface area contributed by atoms with E-state index in [9.17, 15) is 4.79 Å². The number of amides is 1. The molecule has 0 aliphatic heterocycles. The number of aryl methyl sites for hydroxylation is 1. The smallest absolute Gasteiger partial charge is 0.270 e. The van der Waals surface area contributed by atoms with Crippen molar-refractivity contribution in [3.63, 3.8) is 0 Å². The zero-order valence-corrected chi connectivity index (χ0v) is 9.84. The Morgan fingerprint density at radius 3 is 3.00 bits per heavy atom. The lowest BCUT2D eigenvalue weighted by atomic mass is 10.1. The predicted molar refractivity (Wildman–Crippen MR) is 63.9 cm³/mol. The van der Waals surface area contributed by atoms with Crippen molar-refractivity contribution >= 4 is 11.7 Å². The van der Waals surface area contributed by atoms with Crippen LogP contribution in [-0.4, -0.2) is 28.5 Å². The van der Waals surface area contributed by atoms with Gasteiger partial charge in [0.1, 0.15) is 11.5 Å². The van der Waals surface area contributed by atoms with E-state index < -0.39 is 0 Å². The van der Waals surface area contributed by atoms with Gasteiger partial charge >= 0.3 is 0 Å². The average Bonchev–Trinajstić information content (AvgIpc) is 2.35. The fourth-order valence-corrected chi connectivity index (χ4v) is 1.26. The zero-order valence-electron chi connectivity index (χ0n) is 9.84. The number of nitrogens with one attached hydrogen (secondary N) is 1. The predicted octanol–water partition coefficient (Wildman–Crippen LogP) is 0.502. The number of rotatable bonds is 4. The van der Waals surface area contributed by atoms with Crippen LogP contribution in [0, 0.1) is 12.8 Å². The Bertz CT molecular complexity index is 431. The van der Waals surface area contributed by atoms with E-state index in [0.717, 1.165) is 5.56 Å². The van der Waals surface area contributed by atoms with Crippen molar-refractivity contribution in [1.82, 2.24) is 10.3 Å². The third kappa shape index (κ3) is 3.44. The van der Waals surface area contributed by atoms with Gasteiger partial charge in [-0.2, -0.15) is 0 Å². The summed E-state index contributed by atoms with van der Waals surface area (Å²) in [5.41, 5.74) is 6.60. The van der Waals surface area contributed by atoms with E-state index in [1.807, 2.05) is 13.0 Å². The van der Waals surface area contributed by atoms with E-state index in [1.165, 1.54) is 0 Å². The molecule has 1 unspecified atom stereocenters. The molecule has 1 aromatic rings. The van der Waals surface area contributed by atoms with Crippen molar-refractivity contribution in [2.24, 2.45) is 16.8 Å². The third-order valence-electron chi connectivity index (χ3n) is 2.41. The van der Waals surface area contributed by atoms with Crippen LogP contribution in [0.25, 0.3) is 0 Å².